The molecule has 1 aromatic rings. The maximum atomic E-state index is 12.2. The summed E-state index contributed by atoms with van der Waals surface area (Å²) in [6.07, 6.45) is -1.90. The first kappa shape index (κ1) is 10.9. The van der Waals surface area contributed by atoms with E-state index < -0.39 is 6.43 Å². The molecule has 0 aliphatic rings. The second-order valence-corrected chi connectivity index (χ2v) is 3.04. The summed E-state index contributed by atoms with van der Waals surface area (Å²) < 4.78 is 24.4. The summed E-state index contributed by atoms with van der Waals surface area (Å²) in [4.78, 5) is 0. The first-order chi connectivity index (χ1) is 6.65. The van der Waals surface area contributed by atoms with Gasteiger partial charge in [-0.2, -0.15) is 0 Å². The summed E-state index contributed by atoms with van der Waals surface area (Å²) in [7, 11) is 1.80. The van der Waals surface area contributed by atoms with Crippen LogP contribution in [0, 0.1) is 0 Å². The molecule has 0 unspecified atom stereocenters. The van der Waals surface area contributed by atoms with E-state index in [1.165, 1.54) is 12.1 Å². The molecule has 78 valence electrons. The normalized spacial score (nSPS) is 10.9. The fourth-order valence-corrected chi connectivity index (χ4v) is 1.19. The topological polar surface area (TPSA) is 32.3 Å². The highest BCUT2D eigenvalue weighted by atomic mass is 19.3. The molecule has 0 aromatic heterocycles. The third-order valence-corrected chi connectivity index (χ3v) is 2.01. The number of nitrogens with one attached hydrogen (secondary N) is 1. The molecule has 0 bridgehead atoms. The number of hydrogen-bond donors (Lipinski definition) is 2. The second-order valence-electron chi connectivity index (χ2n) is 3.04. The zero-order valence-corrected chi connectivity index (χ0v) is 7.93. The summed E-state index contributed by atoms with van der Waals surface area (Å²) in [6.45, 7) is 0.710. The highest BCUT2D eigenvalue weighted by molar-refractivity contribution is 5.37. The summed E-state index contributed by atoms with van der Waals surface area (Å²) in [5, 5.41) is 12.3. The van der Waals surface area contributed by atoms with E-state index in [1.54, 1.807) is 7.05 Å². The molecule has 2 nitrogen and oxygen atoms in total. The molecule has 0 fully saturated rings. The number of halogens is 2. The lowest BCUT2D eigenvalue weighted by Gasteiger charge is -2.06. The van der Waals surface area contributed by atoms with Gasteiger partial charge in [-0.25, -0.2) is 8.78 Å². The molecule has 14 heavy (non-hydrogen) atoms. The van der Waals surface area contributed by atoms with Gasteiger partial charge < -0.3 is 10.4 Å². The summed E-state index contributed by atoms with van der Waals surface area (Å²) in [6, 6.07) is 4.00. The summed E-state index contributed by atoms with van der Waals surface area (Å²) >= 11 is 0. The van der Waals surface area contributed by atoms with Crippen molar-refractivity contribution < 1.29 is 13.9 Å². The van der Waals surface area contributed by atoms with E-state index in [2.05, 4.69) is 5.32 Å². The number of phenols is 1. The fraction of sp³-hybridized carbons (Fsp3) is 0.400. The minimum Gasteiger partial charge on any atom is -0.508 e. The van der Waals surface area contributed by atoms with Crippen LogP contribution in [0.5, 0.6) is 5.75 Å². The number of benzene rings is 1. The Bertz CT molecular complexity index is 302. The van der Waals surface area contributed by atoms with Crippen molar-refractivity contribution in [2.45, 2.75) is 12.8 Å². The SMILES string of the molecule is CNCCc1ccc(C(F)F)cc1O. The Balaban J connectivity index is 2.79. The first-order valence-electron chi connectivity index (χ1n) is 4.39. The smallest absolute Gasteiger partial charge is 0.263 e. The van der Waals surface area contributed by atoms with Crippen LogP contribution in [0.1, 0.15) is 17.6 Å². The number of aromatic hydroxyl groups is 1. The van der Waals surface area contributed by atoms with Gasteiger partial charge in [0.25, 0.3) is 6.43 Å². The van der Waals surface area contributed by atoms with E-state index >= 15 is 0 Å². The third-order valence-electron chi connectivity index (χ3n) is 2.01. The van der Waals surface area contributed by atoms with E-state index in [1.807, 2.05) is 0 Å². The molecule has 0 saturated heterocycles. The van der Waals surface area contributed by atoms with Gasteiger partial charge in [0.2, 0.25) is 0 Å². The second kappa shape index (κ2) is 4.91. The van der Waals surface area contributed by atoms with Crippen molar-refractivity contribution in [1.82, 2.24) is 5.32 Å². The lowest BCUT2D eigenvalue weighted by Crippen LogP contribution is -2.10. The Kier molecular flexibility index (Phi) is 3.83. The van der Waals surface area contributed by atoms with Gasteiger partial charge in [0, 0.05) is 5.56 Å². The lowest BCUT2D eigenvalue weighted by atomic mass is 10.1. The zero-order valence-electron chi connectivity index (χ0n) is 7.93. The Morgan fingerprint density at radius 3 is 2.64 bits per heavy atom. The van der Waals surface area contributed by atoms with Gasteiger partial charge in [0.15, 0.2) is 0 Å². The Labute approximate surface area is 81.6 Å². The van der Waals surface area contributed by atoms with Crippen LogP contribution >= 0.6 is 0 Å². The monoisotopic (exact) mass is 201 g/mol. The quantitative estimate of drug-likeness (QED) is 0.781. The van der Waals surface area contributed by atoms with Crippen molar-refractivity contribution in [1.29, 1.82) is 0 Å². The van der Waals surface area contributed by atoms with Crippen LogP contribution in [0.15, 0.2) is 18.2 Å². The van der Waals surface area contributed by atoms with E-state index in [0.717, 1.165) is 6.07 Å². The Morgan fingerprint density at radius 2 is 2.14 bits per heavy atom. The molecule has 4 heteroatoms. The predicted octanol–water partition coefficient (Wildman–Crippen LogP) is 2.09. The predicted molar refractivity (Wildman–Crippen MR) is 50.7 cm³/mol. The van der Waals surface area contributed by atoms with E-state index in [4.69, 9.17) is 0 Å². The van der Waals surface area contributed by atoms with E-state index in [9.17, 15) is 13.9 Å². The van der Waals surface area contributed by atoms with Crippen molar-refractivity contribution in [3.05, 3.63) is 29.3 Å². The molecule has 0 radical (unpaired) electrons. The van der Waals surface area contributed by atoms with E-state index in [0.29, 0.717) is 18.5 Å². The summed E-state index contributed by atoms with van der Waals surface area (Å²) in [5.74, 6) is -0.0574. The molecule has 0 amide bonds. The molecule has 0 atom stereocenters. The third kappa shape index (κ3) is 2.67. The number of hydrogen-bond acceptors (Lipinski definition) is 2. The molecular weight excluding hydrogens is 188 g/mol. The van der Waals surface area contributed by atoms with Crippen LogP contribution in [-0.4, -0.2) is 18.7 Å². The van der Waals surface area contributed by atoms with Crippen LogP contribution < -0.4 is 5.32 Å². The van der Waals surface area contributed by atoms with Gasteiger partial charge in [-0.3, -0.25) is 0 Å². The molecule has 1 aromatic carbocycles. The van der Waals surface area contributed by atoms with Crippen molar-refractivity contribution in [3.63, 3.8) is 0 Å². The number of alkyl halides is 2. The van der Waals surface area contributed by atoms with Gasteiger partial charge in [0.1, 0.15) is 5.75 Å². The average Bonchev–Trinajstić information content (AvgIpc) is 2.15. The van der Waals surface area contributed by atoms with Crippen LogP contribution in [0.4, 0.5) is 8.78 Å². The summed E-state index contributed by atoms with van der Waals surface area (Å²) in [5.41, 5.74) is 0.541. The maximum Gasteiger partial charge on any atom is 0.263 e. The zero-order chi connectivity index (χ0) is 10.6. The Hall–Kier alpha value is -1.16. The average molecular weight is 201 g/mol. The maximum absolute atomic E-state index is 12.2. The van der Waals surface area contributed by atoms with Crippen molar-refractivity contribution in [2.24, 2.45) is 0 Å². The molecule has 0 heterocycles. The molecular formula is C10H13F2NO. The lowest BCUT2D eigenvalue weighted by molar-refractivity contribution is 0.151. The van der Waals surface area contributed by atoms with Crippen LogP contribution in [0.25, 0.3) is 0 Å². The first-order valence-corrected chi connectivity index (χ1v) is 4.39. The van der Waals surface area contributed by atoms with Gasteiger partial charge in [-0.05, 0) is 31.6 Å². The molecule has 0 spiro atoms. The molecule has 0 aliphatic carbocycles. The minimum absolute atomic E-state index is 0.0574. The van der Waals surface area contributed by atoms with Crippen LogP contribution in [0.2, 0.25) is 0 Å². The van der Waals surface area contributed by atoms with Gasteiger partial charge >= 0.3 is 0 Å². The number of rotatable bonds is 4. The number of likely N-dealkylation sites (N-methyl/N-ethyl adjacent to an activating group) is 1. The molecule has 0 saturated carbocycles. The highest BCUT2D eigenvalue weighted by Gasteiger charge is 2.09. The van der Waals surface area contributed by atoms with Gasteiger partial charge in [-0.1, -0.05) is 12.1 Å². The Morgan fingerprint density at radius 1 is 1.43 bits per heavy atom. The van der Waals surface area contributed by atoms with Crippen LogP contribution in [-0.2, 0) is 6.42 Å². The van der Waals surface area contributed by atoms with Crippen molar-refractivity contribution in [3.8, 4) is 5.75 Å². The fourth-order valence-electron chi connectivity index (χ4n) is 1.19. The molecule has 1 rings (SSSR count). The largest absolute Gasteiger partial charge is 0.508 e. The van der Waals surface area contributed by atoms with Crippen molar-refractivity contribution >= 4 is 0 Å². The molecule has 0 aliphatic heterocycles. The van der Waals surface area contributed by atoms with Crippen LogP contribution in [0.3, 0.4) is 0 Å². The minimum atomic E-state index is -2.53. The van der Waals surface area contributed by atoms with Gasteiger partial charge in [-0.15, -0.1) is 0 Å². The van der Waals surface area contributed by atoms with Gasteiger partial charge in [0.05, 0.1) is 0 Å². The number of phenolic OH excluding ortho intramolecular Hbond substituents is 1. The van der Waals surface area contributed by atoms with Crippen molar-refractivity contribution in [2.75, 3.05) is 13.6 Å². The standard InChI is InChI=1S/C10H13F2NO/c1-13-5-4-7-2-3-8(10(11)12)6-9(7)14/h2-3,6,10,13-14H,4-5H2,1H3. The highest BCUT2D eigenvalue weighted by Crippen LogP contribution is 2.25. The molecule has 2 N–H and O–H groups in total. The van der Waals surface area contributed by atoms with E-state index in [-0.39, 0.29) is 11.3 Å².